The molecule has 0 aromatic carbocycles. The van der Waals surface area contributed by atoms with Gasteiger partial charge in [-0.3, -0.25) is 0 Å². The molecule has 0 aliphatic heterocycles. The van der Waals surface area contributed by atoms with E-state index in [0.717, 1.165) is 18.2 Å². The predicted octanol–water partition coefficient (Wildman–Crippen LogP) is 3.00. The molecule has 1 aliphatic rings. The molecule has 0 radical (unpaired) electrons. The Kier molecular flexibility index (Phi) is 3.95. The van der Waals surface area contributed by atoms with Gasteiger partial charge < -0.3 is 14.6 Å². The highest BCUT2D eigenvalue weighted by atomic mass is 16.5. The van der Waals surface area contributed by atoms with E-state index >= 15 is 0 Å². The van der Waals surface area contributed by atoms with Crippen molar-refractivity contribution in [3.63, 3.8) is 0 Å². The third-order valence-electron chi connectivity index (χ3n) is 3.78. The molecule has 4 heteroatoms. The summed E-state index contributed by atoms with van der Waals surface area (Å²) in [4.78, 5) is 4.57. The van der Waals surface area contributed by atoms with E-state index < -0.39 is 0 Å². The van der Waals surface area contributed by atoms with Crippen molar-refractivity contribution in [2.24, 2.45) is 5.41 Å². The molecule has 0 amide bonds. The number of ether oxygens (including phenoxy) is 1. The number of nitrogens with one attached hydrogen (secondary N) is 1. The number of rotatable bonds is 5. The zero-order valence-electron chi connectivity index (χ0n) is 12.0. The second kappa shape index (κ2) is 5.31. The summed E-state index contributed by atoms with van der Waals surface area (Å²) >= 11 is 0. The van der Waals surface area contributed by atoms with Crippen LogP contribution >= 0.6 is 0 Å². The van der Waals surface area contributed by atoms with Gasteiger partial charge in [0, 0.05) is 25.9 Å². The van der Waals surface area contributed by atoms with Gasteiger partial charge in [0.15, 0.2) is 0 Å². The number of hydrogen-bond acceptors (Lipinski definition) is 3. The summed E-state index contributed by atoms with van der Waals surface area (Å²) in [5.74, 6) is 0.993. The van der Waals surface area contributed by atoms with E-state index in [4.69, 9.17) is 4.74 Å². The molecule has 0 saturated heterocycles. The van der Waals surface area contributed by atoms with Crippen LogP contribution in [0.3, 0.4) is 0 Å². The van der Waals surface area contributed by atoms with Gasteiger partial charge in [-0.25, -0.2) is 4.98 Å². The highest BCUT2D eigenvalue weighted by Gasteiger charge is 2.32. The molecule has 18 heavy (non-hydrogen) atoms. The molecule has 1 unspecified atom stereocenters. The summed E-state index contributed by atoms with van der Waals surface area (Å²) in [7, 11) is 1.72. The highest BCUT2D eigenvalue weighted by molar-refractivity contribution is 5.30. The minimum atomic E-state index is 0.465. The Morgan fingerprint density at radius 1 is 1.56 bits per heavy atom. The average molecular weight is 251 g/mol. The lowest BCUT2D eigenvalue weighted by Gasteiger charge is -2.19. The van der Waals surface area contributed by atoms with Crippen LogP contribution in [0.4, 0.5) is 5.95 Å². The molecule has 1 fully saturated rings. The summed E-state index contributed by atoms with van der Waals surface area (Å²) in [6, 6.07) is 0.589. The molecule has 102 valence electrons. The Morgan fingerprint density at radius 2 is 2.33 bits per heavy atom. The Bertz CT molecular complexity index is 398. The fourth-order valence-corrected chi connectivity index (χ4v) is 2.83. The maximum atomic E-state index is 5.07. The molecule has 1 atom stereocenters. The molecular weight excluding hydrogens is 226 g/mol. The number of imidazole rings is 1. The standard InChI is InChI=1S/C14H25N3O/c1-11-10-17(12-5-6-14(2,3)9-12)13(16-11)15-7-8-18-4/h10,12H,5-9H2,1-4H3,(H,15,16). The third-order valence-corrected chi connectivity index (χ3v) is 3.78. The van der Waals surface area contributed by atoms with Crippen molar-refractivity contribution in [1.82, 2.24) is 9.55 Å². The van der Waals surface area contributed by atoms with Gasteiger partial charge in [-0.15, -0.1) is 0 Å². The zero-order chi connectivity index (χ0) is 13.2. The van der Waals surface area contributed by atoms with Crippen LogP contribution in [-0.4, -0.2) is 29.8 Å². The van der Waals surface area contributed by atoms with Crippen LogP contribution in [0.5, 0.6) is 0 Å². The van der Waals surface area contributed by atoms with Crippen LogP contribution in [0.2, 0.25) is 0 Å². The zero-order valence-corrected chi connectivity index (χ0v) is 12.0. The second-order valence-electron chi connectivity index (χ2n) is 6.09. The smallest absolute Gasteiger partial charge is 0.203 e. The molecule has 4 nitrogen and oxygen atoms in total. The topological polar surface area (TPSA) is 39.1 Å². The summed E-state index contributed by atoms with van der Waals surface area (Å²) in [6.07, 6.45) is 5.96. The van der Waals surface area contributed by atoms with Crippen LogP contribution in [0.25, 0.3) is 0 Å². The van der Waals surface area contributed by atoms with E-state index in [1.54, 1.807) is 7.11 Å². The molecule has 1 aromatic heterocycles. The van der Waals surface area contributed by atoms with Gasteiger partial charge in [0.1, 0.15) is 0 Å². The molecule has 2 rings (SSSR count). The van der Waals surface area contributed by atoms with Gasteiger partial charge in [-0.1, -0.05) is 13.8 Å². The molecule has 1 N–H and O–H groups in total. The fraction of sp³-hybridized carbons (Fsp3) is 0.786. The third kappa shape index (κ3) is 3.05. The van der Waals surface area contributed by atoms with Crippen molar-refractivity contribution >= 4 is 5.95 Å². The van der Waals surface area contributed by atoms with Crippen molar-refractivity contribution < 1.29 is 4.74 Å². The van der Waals surface area contributed by atoms with E-state index in [2.05, 4.69) is 41.8 Å². The van der Waals surface area contributed by atoms with E-state index in [1.807, 2.05) is 0 Å². The Balaban J connectivity index is 2.07. The van der Waals surface area contributed by atoms with Gasteiger partial charge in [0.2, 0.25) is 5.95 Å². The quantitative estimate of drug-likeness (QED) is 0.818. The van der Waals surface area contributed by atoms with Crippen LogP contribution < -0.4 is 5.32 Å². The van der Waals surface area contributed by atoms with Gasteiger partial charge in [-0.05, 0) is 31.6 Å². The van der Waals surface area contributed by atoms with E-state index in [1.165, 1.54) is 19.3 Å². The second-order valence-corrected chi connectivity index (χ2v) is 6.09. The molecule has 1 heterocycles. The lowest BCUT2D eigenvalue weighted by atomic mass is 9.92. The Labute approximate surface area is 110 Å². The molecule has 1 saturated carbocycles. The van der Waals surface area contributed by atoms with Crippen LogP contribution in [-0.2, 0) is 4.74 Å². The number of anilines is 1. The fourth-order valence-electron chi connectivity index (χ4n) is 2.83. The maximum absolute atomic E-state index is 5.07. The summed E-state index contributed by atoms with van der Waals surface area (Å²) in [5.41, 5.74) is 1.55. The van der Waals surface area contributed by atoms with Crippen molar-refractivity contribution in [2.45, 2.75) is 46.1 Å². The summed E-state index contributed by atoms with van der Waals surface area (Å²) < 4.78 is 7.39. The molecule has 1 aromatic rings. The first-order valence-electron chi connectivity index (χ1n) is 6.80. The molecule has 0 bridgehead atoms. The first kappa shape index (κ1) is 13.4. The first-order chi connectivity index (χ1) is 8.52. The highest BCUT2D eigenvalue weighted by Crippen LogP contribution is 2.44. The van der Waals surface area contributed by atoms with Crippen LogP contribution in [0.1, 0.15) is 44.8 Å². The van der Waals surface area contributed by atoms with Crippen LogP contribution in [0, 0.1) is 12.3 Å². The van der Waals surface area contributed by atoms with Crippen molar-refractivity contribution in [1.29, 1.82) is 0 Å². The monoisotopic (exact) mass is 251 g/mol. The predicted molar refractivity (Wildman–Crippen MR) is 74.0 cm³/mol. The normalized spacial score (nSPS) is 22.3. The van der Waals surface area contributed by atoms with Crippen LogP contribution in [0.15, 0.2) is 6.20 Å². The number of aromatic nitrogens is 2. The SMILES string of the molecule is COCCNc1nc(C)cn1C1CCC(C)(C)C1. The Morgan fingerprint density at radius 3 is 2.94 bits per heavy atom. The number of nitrogens with zero attached hydrogens (tertiary/aromatic N) is 2. The first-order valence-corrected chi connectivity index (χ1v) is 6.80. The largest absolute Gasteiger partial charge is 0.383 e. The lowest BCUT2D eigenvalue weighted by molar-refractivity contribution is 0.210. The van der Waals surface area contributed by atoms with Crippen molar-refractivity contribution in [3.8, 4) is 0 Å². The van der Waals surface area contributed by atoms with E-state index in [0.29, 0.717) is 18.1 Å². The maximum Gasteiger partial charge on any atom is 0.203 e. The summed E-state index contributed by atoms with van der Waals surface area (Å²) in [6.45, 7) is 8.28. The van der Waals surface area contributed by atoms with E-state index in [-0.39, 0.29) is 0 Å². The number of methoxy groups -OCH3 is 1. The van der Waals surface area contributed by atoms with Crippen molar-refractivity contribution in [3.05, 3.63) is 11.9 Å². The number of hydrogen-bond donors (Lipinski definition) is 1. The lowest BCUT2D eigenvalue weighted by Crippen LogP contribution is -2.15. The van der Waals surface area contributed by atoms with Crippen molar-refractivity contribution in [2.75, 3.05) is 25.6 Å². The number of aryl methyl sites for hydroxylation is 1. The molecule has 0 spiro atoms. The van der Waals surface area contributed by atoms with Gasteiger partial charge in [0.25, 0.3) is 0 Å². The Hall–Kier alpha value is -1.03. The summed E-state index contributed by atoms with van der Waals surface area (Å²) in [5, 5.41) is 3.37. The van der Waals surface area contributed by atoms with Gasteiger partial charge >= 0.3 is 0 Å². The minimum Gasteiger partial charge on any atom is -0.383 e. The van der Waals surface area contributed by atoms with Gasteiger partial charge in [0.05, 0.1) is 12.3 Å². The van der Waals surface area contributed by atoms with Gasteiger partial charge in [-0.2, -0.15) is 0 Å². The minimum absolute atomic E-state index is 0.465. The molecule has 1 aliphatic carbocycles. The average Bonchev–Trinajstić information content (AvgIpc) is 2.82. The van der Waals surface area contributed by atoms with E-state index in [9.17, 15) is 0 Å². The molecular formula is C14H25N3O.